The van der Waals surface area contributed by atoms with Crippen molar-refractivity contribution in [2.24, 2.45) is 0 Å². The number of hydrogen-bond acceptors (Lipinski definition) is 3. The molecule has 0 spiro atoms. The Morgan fingerprint density at radius 3 is 2.60 bits per heavy atom. The Morgan fingerprint density at radius 1 is 1.40 bits per heavy atom. The summed E-state index contributed by atoms with van der Waals surface area (Å²) in [6, 6.07) is 7.47. The second kappa shape index (κ2) is 6.99. The second-order valence-electron chi connectivity index (χ2n) is 3.21. The molecule has 0 radical (unpaired) electrons. The van der Waals surface area contributed by atoms with Crippen LogP contribution in [-0.4, -0.2) is 31.7 Å². The van der Waals surface area contributed by atoms with Gasteiger partial charge < -0.3 is 10.1 Å². The predicted molar refractivity (Wildman–Crippen MR) is 68.2 cm³/mol. The molecule has 0 aliphatic carbocycles. The minimum atomic E-state index is 0.200. The normalized spacial score (nSPS) is 12.5. The number of nitrogens with one attached hydrogen (secondary N) is 1. The van der Waals surface area contributed by atoms with Crippen molar-refractivity contribution in [2.45, 2.75) is 6.10 Å². The molecule has 0 unspecified atom stereocenters. The van der Waals surface area contributed by atoms with Gasteiger partial charge in [-0.05, 0) is 37.6 Å². The molecule has 84 valence electrons. The van der Waals surface area contributed by atoms with Gasteiger partial charge in [-0.1, -0.05) is 11.6 Å². The zero-order valence-corrected chi connectivity index (χ0v) is 10.6. The highest BCUT2D eigenvalue weighted by Gasteiger charge is 2.08. The number of benzene rings is 1. The fraction of sp³-hybridized carbons (Fsp3) is 0.455. The summed E-state index contributed by atoms with van der Waals surface area (Å²) in [4.78, 5) is 0. The summed E-state index contributed by atoms with van der Waals surface area (Å²) < 4.78 is 5.81. The fourth-order valence-electron chi connectivity index (χ4n) is 1.25. The molecule has 0 aliphatic rings. The van der Waals surface area contributed by atoms with Gasteiger partial charge in [0.2, 0.25) is 0 Å². The molecule has 0 saturated heterocycles. The molecule has 1 atom stereocenters. The van der Waals surface area contributed by atoms with Crippen LogP contribution >= 0.6 is 23.4 Å². The summed E-state index contributed by atoms with van der Waals surface area (Å²) in [5.74, 6) is 1.84. The summed E-state index contributed by atoms with van der Waals surface area (Å²) in [5.41, 5.74) is 0. The Balaban J connectivity index is 2.53. The van der Waals surface area contributed by atoms with Gasteiger partial charge in [0.1, 0.15) is 11.9 Å². The van der Waals surface area contributed by atoms with Crippen molar-refractivity contribution in [3.8, 4) is 5.75 Å². The van der Waals surface area contributed by atoms with E-state index >= 15 is 0 Å². The first-order valence-electron chi connectivity index (χ1n) is 4.82. The highest BCUT2D eigenvalue weighted by atomic mass is 35.5. The Bertz CT molecular complexity index is 272. The summed E-state index contributed by atoms with van der Waals surface area (Å²) in [6.45, 7) is 0.851. The van der Waals surface area contributed by atoms with E-state index in [0.29, 0.717) is 0 Å². The van der Waals surface area contributed by atoms with Crippen molar-refractivity contribution >= 4 is 23.4 Å². The zero-order valence-electron chi connectivity index (χ0n) is 9.00. The Hall–Kier alpha value is -0.380. The molecule has 0 saturated carbocycles. The number of halogens is 1. The first kappa shape index (κ1) is 12.7. The molecule has 4 heteroatoms. The lowest BCUT2D eigenvalue weighted by Crippen LogP contribution is -2.31. The third-order valence-corrected chi connectivity index (χ3v) is 2.86. The molecule has 0 aromatic heterocycles. The molecule has 0 amide bonds. The van der Waals surface area contributed by atoms with Crippen LogP contribution in [0.25, 0.3) is 0 Å². The molecule has 1 N–H and O–H groups in total. The molecule has 1 aromatic carbocycles. The van der Waals surface area contributed by atoms with Crippen molar-refractivity contribution in [2.75, 3.05) is 25.6 Å². The molecule has 0 heterocycles. The summed E-state index contributed by atoms with van der Waals surface area (Å²) in [5, 5.41) is 3.85. The van der Waals surface area contributed by atoms with Crippen LogP contribution in [0.4, 0.5) is 0 Å². The van der Waals surface area contributed by atoms with Gasteiger partial charge in [-0.25, -0.2) is 0 Å². The molecule has 2 nitrogen and oxygen atoms in total. The SMILES string of the molecule is CNC[C@H](CSC)Oc1ccc(Cl)cc1. The molecule has 0 aliphatic heterocycles. The highest BCUT2D eigenvalue weighted by molar-refractivity contribution is 7.98. The first-order chi connectivity index (χ1) is 7.26. The lowest BCUT2D eigenvalue weighted by atomic mass is 10.3. The molecule has 15 heavy (non-hydrogen) atoms. The van der Waals surface area contributed by atoms with Gasteiger partial charge in [0, 0.05) is 17.3 Å². The van der Waals surface area contributed by atoms with Crippen LogP contribution in [-0.2, 0) is 0 Å². The minimum Gasteiger partial charge on any atom is -0.488 e. The van der Waals surface area contributed by atoms with Crippen LogP contribution in [0.3, 0.4) is 0 Å². The van der Waals surface area contributed by atoms with E-state index < -0.39 is 0 Å². The van der Waals surface area contributed by atoms with Crippen LogP contribution < -0.4 is 10.1 Å². The van der Waals surface area contributed by atoms with Crippen LogP contribution in [0.15, 0.2) is 24.3 Å². The van der Waals surface area contributed by atoms with E-state index in [4.69, 9.17) is 16.3 Å². The van der Waals surface area contributed by atoms with Gasteiger partial charge in [0.25, 0.3) is 0 Å². The van der Waals surface area contributed by atoms with Crippen LogP contribution in [0.2, 0.25) is 5.02 Å². The zero-order chi connectivity index (χ0) is 11.1. The lowest BCUT2D eigenvalue weighted by molar-refractivity contribution is 0.225. The third-order valence-electron chi connectivity index (χ3n) is 1.90. The molecule has 1 rings (SSSR count). The van der Waals surface area contributed by atoms with Gasteiger partial charge in [-0.2, -0.15) is 11.8 Å². The summed E-state index contributed by atoms with van der Waals surface area (Å²) in [7, 11) is 1.93. The van der Waals surface area contributed by atoms with E-state index in [1.807, 2.05) is 31.3 Å². The van der Waals surface area contributed by atoms with E-state index in [2.05, 4.69) is 11.6 Å². The molecular weight excluding hydrogens is 230 g/mol. The monoisotopic (exact) mass is 245 g/mol. The Kier molecular flexibility index (Phi) is 5.91. The largest absolute Gasteiger partial charge is 0.488 e. The Morgan fingerprint density at radius 2 is 2.07 bits per heavy atom. The number of rotatable bonds is 6. The second-order valence-corrected chi connectivity index (χ2v) is 4.55. The number of hydrogen-bond donors (Lipinski definition) is 1. The van der Waals surface area contributed by atoms with Gasteiger partial charge in [0.15, 0.2) is 0 Å². The average molecular weight is 246 g/mol. The fourth-order valence-corrected chi connectivity index (χ4v) is 1.94. The maximum absolute atomic E-state index is 5.81. The van der Waals surface area contributed by atoms with Gasteiger partial charge >= 0.3 is 0 Å². The van der Waals surface area contributed by atoms with Crippen molar-refractivity contribution < 1.29 is 4.74 Å². The third kappa shape index (κ3) is 4.78. The summed E-state index contributed by atoms with van der Waals surface area (Å²) >= 11 is 7.58. The first-order valence-corrected chi connectivity index (χ1v) is 6.59. The van der Waals surface area contributed by atoms with Crippen molar-refractivity contribution in [1.29, 1.82) is 0 Å². The van der Waals surface area contributed by atoms with Crippen LogP contribution in [0.1, 0.15) is 0 Å². The smallest absolute Gasteiger partial charge is 0.120 e. The quantitative estimate of drug-likeness (QED) is 0.833. The number of thioether (sulfide) groups is 1. The highest BCUT2D eigenvalue weighted by Crippen LogP contribution is 2.17. The van der Waals surface area contributed by atoms with Crippen molar-refractivity contribution in [3.63, 3.8) is 0 Å². The van der Waals surface area contributed by atoms with Crippen molar-refractivity contribution in [1.82, 2.24) is 5.32 Å². The minimum absolute atomic E-state index is 0.200. The van der Waals surface area contributed by atoms with E-state index in [9.17, 15) is 0 Å². The number of likely N-dealkylation sites (N-methyl/N-ethyl adjacent to an activating group) is 1. The predicted octanol–water partition coefficient (Wildman–Crippen LogP) is 2.67. The maximum Gasteiger partial charge on any atom is 0.120 e. The lowest BCUT2D eigenvalue weighted by Gasteiger charge is -2.17. The van der Waals surface area contributed by atoms with E-state index in [0.717, 1.165) is 23.1 Å². The van der Waals surface area contributed by atoms with Crippen molar-refractivity contribution in [3.05, 3.63) is 29.3 Å². The van der Waals surface area contributed by atoms with Crippen LogP contribution in [0.5, 0.6) is 5.75 Å². The van der Waals surface area contributed by atoms with Gasteiger partial charge in [-0.15, -0.1) is 0 Å². The van der Waals surface area contributed by atoms with E-state index in [1.165, 1.54) is 0 Å². The molecule has 0 fully saturated rings. The van der Waals surface area contributed by atoms with Gasteiger partial charge in [-0.3, -0.25) is 0 Å². The Labute approximate surface area is 100 Å². The molecule has 0 bridgehead atoms. The number of ether oxygens (including phenoxy) is 1. The maximum atomic E-state index is 5.81. The van der Waals surface area contributed by atoms with Gasteiger partial charge in [0.05, 0.1) is 0 Å². The van der Waals surface area contributed by atoms with E-state index in [1.54, 1.807) is 11.8 Å². The van der Waals surface area contributed by atoms with E-state index in [-0.39, 0.29) is 6.10 Å². The standard InChI is InChI=1S/C11H16ClNOS/c1-13-7-11(8-15-2)14-10-5-3-9(12)4-6-10/h3-6,11,13H,7-8H2,1-2H3/t11-/m1/s1. The average Bonchev–Trinajstić information content (AvgIpc) is 2.22. The summed E-state index contributed by atoms with van der Waals surface area (Å²) in [6.07, 6.45) is 2.28. The molecular formula is C11H16ClNOS. The molecule has 1 aromatic rings. The van der Waals surface area contributed by atoms with Crippen LogP contribution in [0, 0.1) is 0 Å². The topological polar surface area (TPSA) is 21.3 Å².